The van der Waals surface area contributed by atoms with Crippen LogP contribution < -0.4 is 0 Å². The van der Waals surface area contributed by atoms with Crippen LogP contribution in [-0.2, 0) is 14.3 Å². The average Bonchev–Trinajstić information content (AvgIpc) is 2.79. The van der Waals surface area contributed by atoms with Gasteiger partial charge in [0.2, 0.25) is 0 Å². The minimum absolute atomic E-state index is 0.0158. The molecule has 1 fully saturated rings. The molecule has 0 spiro atoms. The lowest BCUT2D eigenvalue weighted by atomic mass is 10.0. The third kappa shape index (κ3) is 6.57. The molecule has 0 N–H and O–H groups in total. The quantitative estimate of drug-likeness (QED) is 0.389. The van der Waals surface area contributed by atoms with Gasteiger partial charge in [0.05, 0.1) is 12.4 Å². The molecule has 2 atom stereocenters. The molecule has 0 bridgehead atoms. The molecular formula is C12H26O3SSi. The molecule has 1 saturated carbocycles. The van der Waals surface area contributed by atoms with Crippen LogP contribution in [0.5, 0.6) is 0 Å². The summed E-state index contributed by atoms with van der Waals surface area (Å²) in [5.41, 5.74) is 0.585. The van der Waals surface area contributed by atoms with Gasteiger partial charge in [0.25, 0.3) is 10.1 Å². The van der Waals surface area contributed by atoms with Crippen LogP contribution in [0.4, 0.5) is 0 Å². The summed E-state index contributed by atoms with van der Waals surface area (Å²) in [5, 5.41) is 0.454. The van der Waals surface area contributed by atoms with Crippen molar-refractivity contribution in [1.29, 1.82) is 0 Å². The molecule has 0 heterocycles. The highest BCUT2D eigenvalue weighted by Gasteiger charge is 2.43. The first-order chi connectivity index (χ1) is 7.73. The van der Waals surface area contributed by atoms with Gasteiger partial charge in [0, 0.05) is 9.52 Å². The van der Waals surface area contributed by atoms with Crippen molar-refractivity contribution < 1.29 is 12.6 Å². The maximum atomic E-state index is 11.0. The zero-order valence-electron chi connectivity index (χ0n) is 11.5. The number of unbranched alkanes of at least 4 members (excludes halogenated alkanes) is 2. The molecule has 0 aromatic heterocycles. The maximum absolute atomic E-state index is 11.0. The van der Waals surface area contributed by atoms with Crippen molar-refractivity contribution in [3.63, 3.8) is 0 Å². The summed E-state index contributed by atoms with van der Waals surface area (Å²) in [6.07, 6.45) is 7.30. The first kappa shape index (κ1) is 15.2. The van der Waals surface area contributed by atoms with Gasteiger partial charge in [0.15, 0.2) is 0 Å². The minimum Gasteiger partial charge on any atom is -0.267 e. The molecule has 2 unspecified atom stereocenters. The summed E-state index contributed by atoms with van der Waals surface area (Å²) in [5.74, 6) is 0. The molecule has 0 aromatic carbocycles. The smallest absolute Gasteiger partial charge is 0.264 e. The Labute approximate surface area is 108 Å². The highest BCUT2D eigenvalue weighted by Crippen LogP contribution is 2.47. The molecule has 1 rings (SSSR count). The lowest BCUT2D eigenvalue weighted by Gasteiger charge is -2.24. The molecule has 5 heteroatoms. The predicted molar refractivity (Wildman–Crippen MR) is 74.8 cm³/mol. The Balaban J connectivity index is 2.26. The zero-order chi connectivity index (χ0) is 13.1. The summed E-state index contributed by atoms with van der Waals surface area (Å²) in [7, 11) is -3.50. The van der Waals surface area contributed by atoms with Crippen LogP contribution in [0.3, 0.4) is 0 Å². The third-order valence-electron chi connectivity index (χ3n) is 3.43. The standard InChI is InChI=1S/C12H26O3SSi/c1-5-6-7-8-12(2,3)17-11-9-10(11)15-16(4,13)14/h10-11H,5-9,17H2,1-4H3. The monoisotopic (exact) mass is 278 g/mol. The van der Waals surface area contributed by atoms with Gasteiger partial charge in [-0.15, -0.1) is 0 Å². The van der Waals surface area contributed by atoms with E-state index in [0.717, 1.165) is 12.7 Å². The number of hydrogen-bond acceptors (Lipinski definition) is 3. The van der Waals surface area contributed by atoms with E-state index in [-0.39, 0.29) is 15.6 Å². The highest BCUT2D eigenvalue weighted by molar-refractivity contribution is 7.86. The second-order valence-corrected chi connectivity index (χ2v) is 11.1. The molecule has 1 aliphatic rings. The molecular weight excluding hydrogens is 252 g/mol. The van der Waals surface area contributed by atoms with Crippen molar-refractivity contribution in [3.8, 4) is 0 Å². The van der Waals surface area contributed by atoms with Gasteiger partial charge >= 0.3 is 0 Å². The predicted octanol–water partition coefficient (Wildman–Crippen LogP) is 2.47. The lowest BCUT2D eigenvalue weighted by molar-refractivity contribution is 0.308. The minimum atomic E-state index is -3.25. The van der Waals surface area contributed by atoms with Crippen molar-refractivity contribution in [3.05, 3.63) is 0 Å². The van der Waals surface area contributed by atoms with Gasteiger partial charge in [0.1, 0.15) is 0 Å². The zero-order valence-corrected chi connectivity index (χ0v) is 13.8. The fraction of sp³-hybridized carbons (Fsp3) is 1.00. The molecule has 1 aliphatic carbocycles. The molecule has 17 heavy (non-hydrogen) atoms. The number of rotatable bonds is 8. The van der Waals surface area contributed by atoms with Crippen LogP contribution in [-0.4, -0.2) is 30.3 Å². The van der Waals surface area contributed by atoms with Crippen LogP contribution in [0.2, 0.25) is 10.6 Å². The first-order valence-electron chi connectivity index (χ1n) is 6.62. The van der Waals surface area contributed by atoms with E-state index in [2.05, 4.69) is 20.8 Å². The van der Waals surface area contributed by atoms with Crippen molar-refractivity contribution in [2.45, 2.75) is 69.6 Å². The van der Waals surface area contributed by atoms with E-state index in [0.29, 0.717) is 10.6 Å². The summed E-state index contributed by atoms with van der Waals surface area (Å²) in [6, 6.07) is 0. The third-order valence-corrected chi connectivity index (χ3v) is 6.87. The van der Waals surface area contributed by atoms with Crippen LogP contribution >= 0.6 is 0 Å². The molecule has 0 aliphatic heterocycles. The Kier molecular flexibility index (Phi) is 5.22. The van der Waals surface area contributed by atoms with Gasteiger partial charge < -0.3 is 0 Å². The molecule has 0 radical (unpaired) electrons. The van der Waals surface area contributed by atoms with Crippen molar-refractivity contribution in [1.82, 2.24) is 0 Å². The van der Waals surface area contributed by atoms with Gasteiger partial charge in [-0.2, -0.15) is 8.42 Å². The SMILES string of the molecule is CCCCCC(C)(C)[SiH2]C1CC1OS(C)(=O)=O. The molecule has 0 aromatic rings. The second kappa shape index (κ2) is 5.84. The Bertz CT molecular complexity index is 338. The Morgan fingerprint density at radius 2 is 2.00 bits per heavy atom. The van der Waals surface area contributed by atoms with Crippen molar-refractivity contribution in [2.24, 2.45) is 0 Å². The van der Waals surface area contributed by atoms with E-state index in [4.69, 9.17) is 4.18 Å². The Hall–Kier alpha value is 0.127. The summed E-state index contributed by atoms with van der Waals surface area (Å²) >= 11 is 0. The number of hydrogen-bond donors (Lipinski definition) is 0. The Morgan fingerprint density at radius 3 is 2.53 bits per heavy atom. The first-order valence-corrected chi connectivity index (χ1v) is 9.96. The van der Waals surface area contributed by atoms with E-state index in [1.54, 1.807) is 0 Å². The van der Waals surface area contributed by atoms with E-state index in [1.807, 2.05) is 0 Å². The van der Waals surface area contributed by atoms with Crippen molar-refractivity contribution >= 4 is 19.6 Å². The van der Waals surface area contributed by atoms with Crippen LogP contribution in [0.25, 0.3) is 0 Å². The van der Waals surface area contributed by atoms with E-state index in [9.17, 15) is 8.42 Å². The largest absolute Gasteiger partial charge is 0.267 e. The van der Waals surface area contributed by atoms with Gasteiger partial charge in [-0.3, -0.25) is 4.18 Å². The average molecular weight is 278 g/mol. The summed E-state index contributed by atoms with van der Waals surface area (Å²) in [6.45, 7) is 6.90. The summed E-state index contributed by atoms with van der Waals surface area (Å²) in [4.78, 5) is 0. The van der Waals surface area contributed by atoms with Crippen LogP contribution in [0.15, 0.2) is 0 Å². The topological polar surface area (TPSA) is 43.4 Å². The normalized spacial score (nSPS) is 25.6. The lowest BCUT2D eigenvalue weighted by Crippen LogP contribution is -2.15. The fourth-order valence-electron chi connectivity index (χ4n) is 2.44. The van der Waals surface area contributed by atoms with E-state index < -0.39 is 10.1 Å². The molecule has 102 valence electrons. The maximum Gasteiger partial charge on any atom is 0.264 e. The Morgan fingerprint density at radius 1 is 1.35 bits per heavy atom. The molecule has 3 nitrogen and oxygen atoms in total. The molecule has 0 saturated heterocycles. The summed E-state index contributed by atoms with van der Waals surface area (Å²) < 4.78 is 27.0. The van der Waals surface area contributed by atoms with Crippen LogP contribution in [0.1, 0.15) is 52.9 Å². The second-order valence-electron chi connectivity index (χ2n) is 6.16. The van der Waals surface area contributed by atoms with E-state index in [1.165, 1.54) is 25.7 Å². The highest BCUT2D eigenvalue weighted by atomic mass is 32.2. The van der Waals surface area contributed by atoms with Gasteiger partial charge in [-0.25, -0.2) is 0 Å². The fourth-order valence-corrected chi connectivity index (χ4v) is 5.99. The van der Waals surface area contributed by atoms with Gasteiger partial charge in [-0.1, -0.05) is 46.5 Å². The van der Waals surface area contributed by atoms with E-state index >= 15 is 0 Å². The van der Waals surface area contributed by atoms with Crippen molar-refractivity contribution in [2.75, 3.05) is 6.26 Å². The van der Waals surface area contributed by atoms with Gasteiger partial charge in [-0.05, 0) is 17.0 Å². The van der Waals surface area contributed by atoms with Crippen LogP contribution in [0, 0.1) is 0 Å². The molecule has 0 amide bonds.